The van der Waals surface area contributed by atoms with Crippen LogP contribution in [0.5, 0.6) is 0 Å². The maximum absolute atomic E-state index is 12.4. The third kappa shape index (κ3) is 4.07. The van der Waals surface area contributed by atoms with Crippen LogP contribution in [0.25, 0.3) is 0 Å². The molecule has 1 amide bonds. The second kappa shape index (κ2) is 8.17. The van der Waals surface area contributed by atoms with Crippen molar-refractivity contribution in [2.24, 2.45) is 5.73 Å². The highest BCUT2D eigenvalue weighted by Gasteiger charge is 2.35. The topological polar surface area (TPSA) is 64.8 Å². The summed E-state index contributed by atoms with van der Waals surface area (Å²) in [6, 6.07) is 0.333. The Morgan fingerprint density at radius 1 is 1.25 bits per heavy atom. The van der Waals surface area contributed by atoms with E-state index in [9.17, 15) is 4.79 Å². The lowest BCUT2D eigenvalue weighted by Crippen LogP contribution is -2.45. The summed E-state index contributed by atoms with van der Waals surface area (Å²) in [5, 5.41) is 0. The first kappa shape index (κ1) is 17.7. The number of methoxy groups -OCH3 is 1. The predicted octanol–water partition coefficient (Wildman–Crippen LogP) is 1.33. The van der Waals surface area contributed by atoms with Crippen molar-refractivity contribution in [1.82, 2.24) is 4.90 Å². The van der Waals surface area contributed by atoms with Gasteiger partial charge in [-0.05, 0) is 38.5 Å². The number of rotatable bonds is 4. The van der Waals surface area contributed by atoms with Crippen molar-refractivity contribution < 1.29 is 14.3 Å². The average Bonchev–Trinajstić information content (AvgIpc) is 2.94. The van der Waals surface area contributed by atoms with Crippen LogP contribution < -0.4 is 5.73 Å². The summed E-state index contributed by atoms with van der Waals surface area (Å²) in [6.07, 6.45) is 5.97. The summed E-state index contributed by atoms with van der Waals surface area (Å²) in [6.45, 7) is 0.506. The van der Waals surface area contributed by atoms with Crippen LogP contribution in [0.4, 0.5) is 0 Å². The highest BCUT2D eigenvalue weighted by atomic mass is 35.5. The molecule has 118 valence electrons. The number of amides is 1. The molecule has 0 unspecified atom stereocenters. The molecular formula is C14H27ClN2O3. The van der Waals surface area contributed by atoms with Crippen molar-refractivity contribution in [2.45, 2.75) is 62.9 Å². The molecule has 0 aromatic carbocycles. The maximum Gasteiger partial charge on any atom is 0.251 e. The van der Waals surface area contributed by atoms with E-state index >= 15 is 0 Å². The Morgan fingerprint density at radius 3 is 2.40 bits per heavy atom. The van der Waals surface area contributed by atoms with Gasteiger partial charge in [-0.2, -0.15) is 0 Å². The van der Waals surface area contributed by atoms with Gasteiger partial charge >= 0.3 is 0 Å². The molecule has 0 bridgehead atoms. The lowest BCUT2D eigenvalue weighted by Gasteiger charge is -2.35. The molecule has 0 aromatic heterocycles. The maximum atomic E-state index is 12.4. The first-order chi connectivity index (χ1) is 9.15. The molecule has 2 atom stereocenters. The van der Waals surface area contributed by atoms with Gasteiger partial charge in [-0.25, -0.2) is 0 Å². The van der Waals surface area contributed by atoms with E-state index in [2.05, 4.69) is 0 Å². The van der Waals surface area contributed by atoms with Gasteiger partial charge in [-0.15, -0.1) is 12.4 Å². The van der Waals surface area contributed by atoms with E-state index in [0.29, 0.717) is 18.7 Å². The number of halogens is 1. The lowest BCUT2D eigenvalue weighted by molar-refractivity contribution is -0.144. The molecule has 2 aliphatic rings. The summed E-state index contributed by atoms with van der Waals surface area (Å²) in [5.41, 5.74) is 5.58. The molecular weight excluding hydrogens is 280 g/mol. The summed E-state index contributed by atoms with van der Waals surface area (Å²) in [5.74, 6) is 0.122. The standard InChI is InChI=1S/C14H26N2O3.ClH/c1-16(10-3-5-11(18-2)6-4-10)14(17)13-8-7-12(9-15)19-13;/h10-13H,3-9,15H2,1-2H3;1H/t10?,11?,12-,13+;/m1./s1. The summed E-state index contributed by atoms with van der Waals surface area (Å²) >= 11 is 0. The molecule has 1 aliphatic heterocycles. The van der Waals surface area contributed by atoms with Crippen molar-refractivity contribution in [3.63, 3.8) is 0 Å². The van der Waals surface area contributed by atoms with Gasteiger partial charge in [0.1, 0.15) is 6.10 Å². The minimum absolute atomic E-state index is 0. The molecule has 1 heterocycles. The number of hydrogen-bond acceptors (Lipinski definition) is 4. The normalized spacial score (nSPS) is 33.5. The average molecular weight is 307 g/mol. The number of carbonyl (C=O) groups excluding carboxylic acids is 1. The fraction of sp³-hybridized carbons (Fsp3) is 0.929. The van der Waals surface area contributed by atoms with Crippen LogP contribution in [0.15, 0.2) is 0 Å². The zero-order valence-electron chi connectivity index (χ0n) is 12.4. The molecule has 2 N–H and O–H groups in total. The molecule has 5 nitrogen and oxygen atoms in total. The third-order valence-electron chi connectivity index (χ3n) is 4.52. The van der Waals surface area contributed by atoms with Gasteiger partial charge in [0.25, 0.3) is 5.91 Å². The van der Waals surface area contributed by atoms with E-state index in [0.717, 1.165) is 38.5 Å². The molecule has 0 aromatic rings. The zero-order valence-corrected chi connectivity index (χ0v) is 13.2. The van der Waals surface area contributed by atoms with Gasteiger partial charge in [0.15, 0.2) is 0 Å². The predicted molar refractivity (Wildman–Crippen MR) is 80.0 cm³/mol. The Balaban J connectivity index is 0.00000200. The summed E-state index contributed by atoms with van der Waals surface area (Å²) < 4.78 is 11.1. The minimum atomic E-state index is -0.279. The Bertz CT molecular complexity index is 309. The molecule has 6 heteroatoms. The van der Waals surface area contributed by atoms with E-state index in [1.54, 1.807) is 7.11 Å². The SMILES string of the molecule is COC1CCC(N(C)C(=O)[C@@H]2CC[C@H](CN)O2)CC1.Cl. The van der Waals surface area contributed by atoms with Crippen molar-refractivity contribution in [1.29, 1.82) is 0 Å². The lowest BCUT2D eigenvalue weighted by atomic mass is 9.92. The number of carbonyl (C=O) groups is 1. The Morgan fingerprint density at radius 2 is 1.90 bits per heavy atom. The van der Waals surface area contributed by atoms with Crippen molar-refractivity contribution in [2.75, 3.05) is 20.7 Å². The second-order valence-electron chi connectivity index (χ2n) is 5.68. The Hall–Kier alpha value is -0.360. The largest absolute Gasteiger partial charge is 0.381 e. The summed E-state index contributed by atoms with van der Waals surface area (Å²) in [7, 11) is 3.67. The van der Waals surface area contributed by atoms with Crippen LogP contribution in [0, 0.1) is 0 Å². The van der Waals surface area contributed by atoms with Crippen molar-refractivity contribution >= 4 is 18.3 Å². The molecule has 0 radical (unpaired) electrons. The number of nitrogens with two attached hydrogens (primary N) is 1. The monoisotopic (exact) mass is 306 g/mol. The van der Waals surface area contributed by atoms with Crippen LogP contribution in [0.1, 0.15) is 38.5 Å². The molecule has 1 saturated heterocycles. The van der Waals surface area contributed by atoms with Crippen LogP contribution in [-0.2, 0) is 14.3 Å². The van der Waals surface area contributed by atoms with E-state index in [1.165, 1.54) is 0 Å². The third-order valence-corrected chi connectivity index (χ3v) is 4.52. The molecule has 2 fully saturated rings. The molecule has 1 saturated carbocycles. The number of nitrogens with zero attached hydrogens (tertiary/aromatic N) is 1. The van der Waals surface area contributed by atoms with Gasteiger partial charge in [0.2, 0.25) is 0 Å². The van der Waals surface area contributed by atoms with Gasteiger partial charge in [0, 0.05) is 26.7 Å². The molecule has 1 aliphatic carbocycles. The molecule has 0 spiro atoms. The van der Waals surface area contributed by atoms with Crippen molar-refractivity contribution in [3.05, 3.63) is 0 Å². The van der Waals surface area contributed by atoms with E-state index in [1.807, 2.05) is 11.9 Å². The van der Waals surface area contributed by atoms with Gasteiger partial charge in [-0.1, -0.05) is 0 Å². The first-order valence-corrected chi connectivity index (χ1v) is 7.30. The minimum Gasteiger partial charge on any atom is -0.381 e. The van der Waals surface area contributed by atoms with Crippen molar-refractivity contribution in [3.8, 4) is 0 Å². The van der Waals surface area contributed by atoms with Gasteiger partial charge in [-0.3, -0.25) is 4.79 Å². The smallest absolute Gasteiger partial charge is 0.251 e. The summed E-state index contributed by atoms with van der Waals surface area (Å²) in [4.78, 5) is 14.3. The number of likely N-dealkylation sites (N-methyl/N-ethyl adjacent to an activating group) is 1. The Labute approximate surface area is 127 Å². The van der Waals surface area contributed by atoms with Crippen LogP contribution in [-0.4, -0.2) is 55.9 Å². The number of hydrogen-bond donors (Lipinski definition) is 1. The van der Waals surface area contributed by atoms with E-state index in [-0.39, 0.29) is 30.5 Å². The van der Waals surface area contributed by atoms with Gasteiger partial charge < -0.3 is 20.1 Å². The molecule has 2 rings (SSSR count). The van der Waals surface area contributed by atoms with E-state index in [4.69, 9.17) is 15.2 Å². The van der Waals surface area contributed by atoms with E-state index < -0.39 is 0 Å². The van der Waals surface area contributed by atoms with Crippen LogP contribution in [0.2, 0.25) is 0 Å². The Kier molecular flexibility index (Phi) is 7.23. The first-order valence-electron chi connectivity index (χ1n) is 7.30. The quantitative estimate of drug-likeness (QED) is 0.851. The van der Waals surface area contributed by atoms with Gasteiger partial charge in [0.05, 0.1) is 12.2 Å². The second-order valence-corrected chi connectivity index (χ2v) is 5.68. The highest BCUT2D eigenvalue weighted by Crippen LogP contribution is 2.27. The fourth-order valence-electron chi connectivity index (χ4n) is 3.14. The van der Waals surface area contributed by atoms with Crippen LogP contribution >= 0.6 is 12.4 Å². The molecule has 20 heavy (non-hydrogen) atoms. The fourth-order valence-corrected chi connectivity index (χ4v) is 3.14. The zero-order chi connectivity index (χ0) is 13.8. The number of ether oxygens (including phenoxy) is 2. The highest BCUT2D eigenvalue weighted by molar-refractivity contribution is 5.85. The van der Waals surface area contributed by atoms with Crippen LogP contribution in [0.3, 0.4) is 0 Å².